The molecule has 2 saturated heterocycles. The van der Waals surface area contributed by atoms with Crippen LogP contribution in [0.4, 0.5) is 0 Å². The maximum absolute atomic E-state index is 12.4. The van der Waals surface area contributed by atoms with Gasteiger partial charge in [-0.1, -0.05) is 19.9 Å². The van der Waals surface area contributed by atoms with E-state index >= 15 is 0 Å². The van der Waals surface area contributed by atoms with Gasteiger partial charge in [0.1, 0.15) is 25.4 Å². The van der Waals surface area contributed by atoms with Crippen LogP contribution in [0.2, 0.25) is 0 Å². The minimum atomic E-state index is -4.12. The molecule has 146 valence electrons. The molecule has 2 fully saturated rings. The monoisotopic (exact) mass is 386 g/mol. The summed E-state index contributed by atoms with van der Waals surface area (Å²) in [5.74, 6) is 0. The first-order valence-electron chi connectivity index (χ1n) is 8.73. The lowest BCUT2D eigenvalue weighted by Crippen LogP contribution is -2.47. The van der Waals surface area contributed by atoms with Crippen molar-refractivity contribution in [3.63, 3.8) is 0 Å². The van der Waals surface area contributed by atoms with Gasteiger partial charge in [-0.25, -0.2) is 0 Å². The molecule has 0 N–H and O–H groups in total. The maximum Gasteiger partial charge on any atom is 0.252 e. The quantitative estimate of drug-likeness (QED) is 0.651. The van der Waals surface area contributed by atoms with Crippen molar-refractivity contribution in [1.82, 2.24) is 4.57 Å². The van der Waals surface area contributed by atoms with E-state index in [2.05, 4.69) is 0 Å². The van der Waals surface area contributed by atoms with Gasteiger partial charge in [0.25, 0.3) is 5.56 Å². The second kappa shape index (κ2) is 7.19. The fourth-order valence-electron chi connectivity index (χ4n) is 3.11. The summed E-state index contributed by atoms with van der Waals surface area (Å²) in [6.45, 7) is 7.12. The zero-order valence-corrected chi connectivity index (χ0v) is 16.3. The van der Waals surface area contributed by atoms with Gasteiger partial charge in [-0.2, -0.15) is 0 Å². The summed E-state index contributed by atoms with van der Waals surface area (Å²) in [4.78, 5) is 24.6. The molecule has 3 rings (SSSR count). The number of pyridine rings is 1. The van der Waals surface area contributed by atoms with E-state index in [1.54, 1.807) is 32.2 Å². The Balaban J connectivity index is 1.94. The number of hydrogen-bond acceptors (Lipinski definition) is 7. The molecular weight excluding hydrogens is 361 g/mol. The lowest BCUT2D eigenvalue weighted by atomic mass is 10.0. The average Bonchev–Trinajstić information content (AvgIpc) is 3.05. The predicted molar refractivity (Wildman–Crippen MR) is 92.0 cm³/mol. The second-order valence-corrected chi connectivity index (χ2v) is 9.64. The molecule has 0 aromatic carbocycles. The maximum atomic E-state index is 12.4. The summed E-state index contributed by atoms with van der Waals surface area (Å²) in [5.41, 5.74) is -2.02. The number of fused-ring (bicyclic) bond motifs is 2. The van der Waals surface area contributed by atoms with Gasteiger partial charge in [-0.15, -0.1) is 0 Å². The Bertz CT molecular complexity index is 749. The van der Waals surface area contributed by atoms with Crippen molar-refractivity contribution < 1.29 is 28.2 Å². The van der Waals surface area contributed by atoms with Crippen molar-refractivity contribution in [2.75, 3.05) is 13.2 Å². The van der Waals surface area contributed by atoms with E-state index in [0.717, 1.165) is 0 Å². The summed E-state index contributed by atoms with van der Waals surface area (Å²) < 4.78 is 36.9. The molecule has 9 heteroatoms. The fraction of sp³-hybridized carbons (Fsp3) is 0.706. The summed E-state index contributed by atoms with van der Waals surface area (Å²) in [6, 6.07) is 4.74. The highest BCUT2D eigenvalue weighted by Gasteiger charge is 2.64. The highest BCUT2D eigenvalue weighted by Crippen LogP contribution is 2.54. The van der Waals surface area contributed by atoms with E-state index in [1.165, 1.54) is 10.6 Å². The second-order valence-electron chi connectivity index (χ2n) is 7.31. The fourth-order valence-corrected chi connectivity index (χ4v) is 3.99. The number of ether oxygens (including phenoxy) is 3. The zero-order valence-electron chi connectivity index (χ0n) is 15.4. The van der Waals surface area contributed by atoms with Crippen LogP contribution < -0.4 is 10.5 Å². The summed E-state index contributed by atoms with van der Waals surface area (Å²) in [6.07, 6.45) is -0.846. The van der Waals surface area contributed by atoms with Crippen LogP contribution in [0.5, 0.6) is 0 Å². The molecule has 2 aliphatic heterocycles. The third-order valence-corrected chi connectivity index (χ3v) is 6.44. The van der Waals surface area contributed by atoms with Crippen LogP contribution in [0.1, 0.15) is 33.9 Å². The standard InChI is InChI=1S/C17H26NO7P/c1-11(2)22-9-17-10-23-14(15(17)25-26(20,21)12(3)4)16(24-17)18-8-6-5-7-13(18)19/h5-8,11-12,14-16H,9-10H2,1-4H3,(H,20,21)/p-1/t14?,15-,16-,17+/m1/s1. The van der Waals surface area contributed by atoms with Crippen LogP contribution in [0.25, 0.3) is 0 Å². The molecule has 0 aliphatic carbocycles. The number of nitrogens with zero attached hydrogens (tertiary/aromatic N) is 1. The van der Waals surface area contributed by atoms with Gasteiger partial charge in [0.15, 0.2) is 6.23 Å². The summed E-state index contributed by atoms with van der Waals surface area (Å²) in [7, 11) is -4.12. The molecule has 3 heterocycles. The van der Waals surface area contributed by atoms with E-state index in [9.17, 15) is 14.3 Å². The molecule has 0 saturated carbocycles. The molecule has 8 nitrogen and oxygen atoms in total. The van der Waals surface area contributed by atoms with Gasteiger partial charge in [-0.05, 0) is 19.9 Å². The van der Waals surface area contributed by atoms with E-state index in [4.69, 9.17) is 18.7 Å². The Morgan fingerprint density at radius 3 is 2.73 bits per heavy atom. The highest BCUT2D eigenvalue weighted by atomic mass is 31.2. The molecule has 1 aromatic rings. The van der Waals surface area contributed by atoms with E-state index in [-0.39, 0.29) is 24.9 Å². The lowest BCUT2D eigenvalue weighted by Gasteiger charge is -2.35. The van der Waals surface area contributed by atoms with Gasteiger partial charge >= 0.3 is 0 Å². The molecule has 2 unspecified atom stereocenters. The predicted octanol–water partition coefficient (Wildman–Crippen LogP) is 1.29. The van der Waals surface area contributed by atoms with Crippen molar-refractivity contribution in [2.24, 2.45) is 0 Å². The van der Waals surface area contributed by atoms with E-state index < -0.39 is 37.3 Å². The molecule has 5 atom stereocenters. The number of aromatic nitrogens is 1. The van der Waals surface area contributed by atoms with Crippen LogP contribution in [-0.2, 0) is 23.3 Å². The third kappa shape index (κ3) is 3.54. The minimum absolute atomic E-state index is 0.0738. The van der Waals surface area contributed by atoms with Crippen LogP contribution in [-0.4, -0.2) is 47.4 Å². The Morgan fingerprint density at radius 1 is 1.38 bits per heavy atom. The van der Waals surface area contributed by atoms with Crippen molar-refractivity contribution >= 4 is 7.60 Å². The summed E-state index contributed by atoms with van der Waals surface area (Å²) >= 11 is 0. The topological polar surface area (TPSA) is 99.1 Å². The molecule has 0 amide bonds. The molecule has 2 bridgehead atoms. The number of hydrogen-bond donors (Lipinski definition) is 0. The van der Waals surface area contributed by atoms with Gasteiger partial charge in [0, 0.05) is 17.9 Å². The molecule has 2 aliphatic rings. The van der Waals surface area contributed by atoms with Crippen LogP contribution >= 0.6 is 7.60 Å². The van der Waals surface area contributed by atoms with Crippen molar-refractivity contribution in [2.45, 2.75) is 63.5 Å². The van der Waals surface area contributed by atoms with Gasteiger partial charge in [0.2, 0.25) is 0 Å². The van der Waals surface area contributed by atoms with Crippen LogP contribution in [0.3, 0.4) is 0 Å². The Hall–Kier alpha value is -1.02. The molecule has 1 aromatic heterocycles. The Morgan fingerprint density at radius 2 is 2.12 bits per heavy atom. The smallest absolute Gasteiger partial charge is 0.252 e. The highest BCUT2D eigenvalue weighted by molar-refractivity contribution is 7.52. The lowest BCUT2D eigenvalue weighted by molar-refractivity contribution is -0.214. The van der Waals surface area contributed by atoms with Gasteiger partial charge < -0.3 is 28.2 Å². The first-order valence-corrected chi connectivity index (χ1v) is 10.3. The molecular formula is C17H25NO7P-. The number of rotatable bonds is 7. The van der Waals surface area contributed by atoms with Crippen LogP contribution in [0.15, 0.2) is 29.2 Å². The third-order valence-electron chi connectivity index (χ3n) is 4.65. The van der Waals surface area contributed by atoms with Crippen molar-refractivity contribution in [3.8, 4) is 0 Å². The zero-order chi connectivity index (χ0) is 19.1. The van der Waals surface area contributed by atoms with Gasteiger partial charge in [-0.3, -0.25) is 9.36 Å². The van der Waals surface area contributed by atoms with Crippen molar-refractivity contribution in [3.05, 3.63) is 34.7 Å². The minimum Gasteiger partial charge on any atom is -0.778 e. The van der Waals surface area contributed by atoms with E-state index in [1.807, 2.05) is 13.8 Å². The molecule has 0 radical (unpaired) electrons. The van der Waals surface area contributed by atoms with Gasteiger partial charge in [0.05, 0.1) is 19.3 Å². The van der Waals surface area contributed by atoms with E-state index in [0.29, 0.717) is 0 Å². The Kier molecular flexibility index (Phi) is 5.45. The first-order chi connectivity index (χ1) is 12.2. The van der Waals surface area contributed by atoms with Crippen LogP contribution in [0, 0.1) is 0 Å². The van der Waals surface area contributed by atoms with Crippen molar-refractivity contribution in [1.29, 1.82) is 0 Å². The normalized spacial score (nSPS) is 33.1. The Labute approximate surface area is 152 Å². The molecule has 0 spiro atoms. The largest absolute Gasteiger partial charge is 0.778 e. The first kappa shape index (κ1) is 19.7. The molecule has 26 heavy (non-hydrogen) atoms. The average molecular weight is 386 g/mol. The SMILES string of the molecule is CC(C)OC[C@@]12COC([C@H](n3ccccc3=O)O1)[C@H]2OP(=O)([O-])C(C)C. The summed E-state index contributed by atoms with van der Waals surface area (Å²) in [5, 5.41) is 0.